The third-order valence-electron chi connectivity index (χ3n) is 4.62. The summed E-state index contributed by atoms with van der Waals surface area (Å²) in [6.45, 7) is 20.4. The Bertz CT molecular complexity index is 245. The zero-order valence-electron chi connectivity index (χ0n) is 15.2. The summed E-state index contributed by atoms with van der Waals surface area (Å²) in [5, 5.41) is 3.52. The Balaban J connectivity index is 2.04. The summed E-state index contributed by atoms with van der Waals surface area (Å²) >= 11 is 0. The molecule has 126 valence electrons. The molecule has 3 nitrogen and oxygen atoms in total. The van der Waals surface area contributed by atoms with Crippen molar-refractivity contribution in [2.45, 2.75) is 59.9 Å². The molecule has 1 unspecified atom stereocenters. The van der Waals surface area contributed by atoms with Crippen LogP contribution in [-0.4, -0.2) is 61.7 Å². The standard InChI is InChI=1S/C18H39N3/c1-16(2)7-10-20-12-14-21(15-13-20)11-8-18(5)6-9-19-17(3)4/h16-19H,6-15H2,1-5H3. The summed E-state index contributed by atoms with van der Waals surface area (Å²) in [7, 11) is 0. The second-order valence-corrected chi connectivity index (χ2v) is 7.66. The second-order valence-electron chi connectivity index (χ2n) is 7.66. The first-order chi connectivity index (χ1) is 9.97. The van der Waals surface area contributed by atoms with Crippen molar-refractivity contribution in [2.75, 3.05) is 45.8 Å². The molecular weight excluding hydrogens is 258 g/mol. The topological polar surface area (TPSA) is 18.5 Å². The Morgan fingerprint density at radius 1 is 0.762 bits per heavy atom. The minimum atomic E-state index is 0.621. The molecule has 1 saturated heterocycles. The first kappa shape index (κ1) is 18.9. The third kappa shape index (κ3) is 9.49. The summed E-state index contributed by atoms with van der Waals surface area (Å²) in [5.74, 6) is 1.68. The van der Waals surface area contributed by atoms with Gasteiger partial charge in [0.1, 0.15) is 0 Å². The normalized spacial score (nSPS) is 19.6. The molecule has 0 radical (unpaired) electrons. The van der Waals surface area contributed by atoms with Crippen LogP contribution in [0.25, 0.3) is 0 Å². The quantitative estimate of drug-likeness (QED) is 0.668. The molecule has 0 saturated carbocycles. The fraction of sp³-hybridized carbons (Fsp3) is 1.00. The molecule has 3 heteroatoms. The van der Waals surface area contributed by atoms with Gasteiger partial charge in [-0.05, 0) is 50.7 Å². The van der Waals surface area contributed by atoms with Gasteiger partial charge in [0.2, 0.25) is 0 Å². The summed E-state index contributed by atoms with van der Waals surface area (Å²) in [4.78, 5) is 5.31. The van der Waals surface area contributed by atoms with Crippen LogP contribution in [0.4, 0.5) is 0 Å². The number of hydrogen-bond acceptors (Lipinski definition) is 3. The van der Waals surface area contributed by atoms with Crippen molar-refractivity contribution in [1.29, 1.82) is 0 Å². The van der Waals surface area contributed by atoms with Gasteiger partial charge in [0, 0.05) is 32.2 Å². The predicted octanol–water partition coefficient (Wildman–Crippen LogP) is 3.06. The summed E-state index contributed by atoms with van der Waals surface area (Å²) in [6.07, 6.45) is 4.01. The number of piperazine rings is 1. The highest BCUT2D eigenvalue weighted by Crippen LogP contribution is 2.11. The fourth-order valence-electron chi connectivity index (χ4n) is 2.84. The number of nitrogens with one attached hydrogen (secondary N) is 1. The van der Waals surface area contributed by atoms with Gasteiger partial charge in [0.25, 0.3) is 0 Å². The Hall–Kier alpha value is -0.120. The maximum absolute atomic E-state index is 3.52. The number of rotatable bonds is 10. The van der Waals surface area contributed by atoms with E-state index < -0.39 is 0 Å². The van der Waals surface area contributed by atoms with E-state index in [9.17, 15) is 0 Å². The molecule has 21 heavy (non-hydrogen) atoms. The fourth-order valence-corrected chi connectivity index (χ4v) is 2.84. The molecule has 1 aliphatic heterocycles. The Kier molecular flexibility index (Phi) is 9.54. The molecule has 0 aromatic carbocycles. The van der Waals surface area contributed by atoms with Crippen LogP contribution in [0.2, 0.25) is 0 Å². The van der Waals surface area contributed by atoms with Crippen molar-refractivity contribution in [3.63, 3.8) is 0 Å². The average molecular weight is 298 g/mol. The number of nitrogens with zero attached hydrogens (tertiary/aromatic N) is 2. The first-order valence-corrected chi connectivity index (χ1v) is 9.15. The molecule has 0 aromatic heterocycles. The van der Waals surface area contributed by atoms with E-state index in [1.54, 1.807) is 0 Å². The van der Waals surface area contributed by atoms with Gasteiger partial charge in [-0.2, -0.15) is 0 Å². The van der Waals surface area contributed by atoms with E-state index in [-0.39, 0.29) is 0 Å². The van der Waals surface area contributed by atoms with Crippen LogP contribution in [0.1, 0.15) is 53.9 Å². The summed E-state index contributed by atoms with van der Waals surface area (Å²) < 4.78 is 0. The summed E-state index contributed by atoms with van der Waals surface area (Å²) in [5.41, 5.74) is 0. The van der Waals surface area contributed by atoms with Crippen LogP contribution in [-0.2, 0) is 0 Å². The molecule has 0 spiro atoms. The maximum atomic E-state index is 3.52. The summed E-state index contributed by atoms with van der Waals surface area (Å²) in [6, 6.07) is 0.621. The van der Waals surface area contributed by atoms with Gasteiger partial charge in [-0.25, -0.2) is 0 Å². The van der Waals surface area contributed by atoms with Crippen LogP contribution in [0.5, 0.6) is 0 Å². The average Bonchev–Trinajstić information content (AvgIpc) is 2.43. The largest absolute Gasteiger partial charge is 0.315 e. The molecule has 1 rings (SSSR count). The Morgan fingerprint density at radius 3 is 1.76 bits per heavy atom. The molecule has 1 aliphatic rings. The van der Waals surface area contributed by atoms with E-state index in [4.69, 9.17) is 0 Å². The van der Waals surface area contributed by atoms with Gasteiger partial charge in [0.15, 0.2) is 0 Å². The van der Waals surface area contributed by atoms with E-state index in [1.165, 1.54) is 65.1 Å². The van der Waals surface area contributed by atoms with Gasteiger partial charge in [-0.1, -0.05) is 34.6 Å². The van der Waals surface area contributed by atoms with Gasteiger partial charge >= 0.3 is 0 Å². The van der Waals surface area contributed by atoms with Gasteiger partial charge in [0.05, 0.1) is 0 Å². The van der Waals surface area contributed by atoms with Crippen LogP contribution < -0.4 is 5.32 Å². The minimum Gasteiger partial charge on any atom is -0.315 e. The van der Waals surface area contributed by atoms with Crippen molar-refractivity contribution in [3.05, 3.63) is 0 Å². The molecule has 0 aromatic rings. The van der Waals surface area contributed by atoms with E-state index >= 15 is 0 Å². The highest BCUT2D eigenvalue weighted by Gasteiger charge is 2.17. The van der Waals surface area contributed by atoms with E-state index in [0.717, 1.165) is 11.8 Å². The highest BCUT2D eigenvalue weighted by atomic mass is 15.3. The van der Waals surface area contributed by atoms with E-state index in [2.05, 4.69) is 49.7 Å². The lowest BCUT2D eigenvalue weighted by Gasteiger charge is -2.35. The van der Waals surface area contributed by atoms with Crippen molar-refractivity contribution >= 4 is 0 Å². The van der Waals surface area contributed by atoms with Gasteiger partial charge in [-0.3, -0.25) is 0 Å². The van der Waals surface area contributed by atoms with Gasteiger partial charge < -0.3 is 15.1 Å². The zero-order chi connectivity index (χ0) is 15.7. The van der Waals surface area contributed by atoms with Crippen LogP contribution in [0.15, 0.2) is 0 Å². The van der Waals surface area contributed by atoms with Crippen molar-refractivity contribution < 1.29 is 0 Å². The lowest BCUT2D eigenvalue weighted by molar-refractivity contribution is 0.123. The zero-order valence-corrected chi connectivity index (χ0v) is 15.2. The molecule has 1 N–H and O–H groups in total. The van der Waals surface area contributed by atoms with Crippen LogP contribution in [0, 0.1) is 11.8 Å². The molecule has 1 atom stereocenters. The monoisotopic (exact) mass is 297 g/mol. The van der Waals surface area contributed by atoms with Crippen LogP contribution >= 0.6 is 0 Å². The van der Waals surface area contributed by atoms with E-state index in [0.29, 0.717) is 6.04 Å². The van der Waals surface area contributed by atoms with Crippen molar-refractivity contribution in [3.8, 4) is 0 Å². The SMILES string of the molecule is CC(C)CCN1CCN(CCC(C)CCNC(C)C)CC1. The maximum Gasteiger partial charge on any atom is 0.0110 e. The lowest BCUT2D eigenvalue weighted by Crippen LogP contribution is -2.47. The molecular formula is C18H39N3. The van der Waals surface area contributed by atoms with Crippen molar-refractivity contribution in [2.24, 2.45) is 11.8 Å². The second kappa shape index (κ2) is 10.6. The minimum absolute atomic E-state index is 0.621. The molecule has 0 bridgehead atoms. The highest BCUT2D eigenvalue weighted by molar-refractivity contribution is 4.73. The molecule has 0 aliphatic carbocycles. The first-order valence-electron chi connectivity index (χ1n) is 9.15. The number of hydrogen-bond donors (Lipinski definition) is 1. The molecule has 0 amide bonds. The lowest BCUT2D eigenvalue weighted by atomic mass is 10.0. The predicted molar refractivity (Wildman–Crippen MR) is 93.9 cm³/mol. The Morgan fingerprint density at radius 2 is 1.29 bits per heavy atom. The molecule has 1 heterocycles. The van der Waals surface area contributed by atoms with Crippen molar-refractivity contribution in [1.82, 2.24) is 15.1 Å². The Labute approximate surface area is 133 Å². The molecule has 1 fully saturated rings. The third-order valence-corrected chi connectivity index (χ3v) is 4.62. The van der Waals surface area contributed by atoms with Gasteiger partial charge in [-0.15, -0.1) is 0 Å². The van der Waals surface area contributed by atoms with E-state index in [1.807, 2.05) is 0 Å². The smallest absolute Gasteiger partial charge is 0.0110 e. The van der Waals surface area contributed by atoms with Crippen LogP contribution in [0.3, 0.4) is 0 Å².